The summed E-state index contributed by atoms with van der Waals surface area (Å²) in [5.41, 5.74) is 0.169. The van der Waals surface area contributed by atoms with Crippen LogP contribution in [0.5, 0.6) is 5.75 Å². The Hall–Kier alpha value is -1.08. The second-order valence-corrected chi connectivity index (χ2v) is 2.15. The molecule has 0 saturated carbocycles. The third kappa shape index (κ3) is 1.69. The zero-order chi connectivity index (χ0) is 8.27. The third-order valence-corrected chi connectivity index (χ3v) is 1.50. The molecular formula is C7H7O3P. The van der Waals surface area contributed by atoms with Gasteiger partial charge in [-0.25, -0.2) is 4.79 Å². The van der Waals surface area contributed by atoms with Crippen molar-refractivity contribution >= 4 is 15.4 Å². The van der Waals surface area contributed by atoms with Crippen LogP contribution >= 0.6 is 9.47 Å². The Morgan fingerprint density at radius 1 is 1.45 bits per heavy atom. The number of hydrogen-bond donors (Lipinski definition) is 1. The van der Waals surface area contributed by atoms with E-state index in [0.29, 0.717) is 5.75 Å². The average Bonchev–Trinajstić information content (AvgIpc) is 2.04. The van der Waals surface area contributed by atoms with Gasteiger partial charge in [-0.2, -0.15) is 0 Å². The van der Waals surface area contributed by atoms with Crippen molar-refractivity contribution in [3.8, 4) is 5.75 Å². The first kappa shape index (κ1) is 8.02. The number of rotatable bonds is 2. The molecule has 0 aromatic heterocycles. The van der Waals surface area contributed by atoms with Gasteiger partial charge in [0.2, 0.25) is 0 Å². The minimum atomic E-state index is -0.983. The van der Waals surface area contributed by atoms with E-state index in [9.17, 15) is 4.79 Å². The maximum absolute atomic E-state index is 10.5. The summed E-state index contributed by atoms with van der Waals surface area (Å²) in [6.07, 6.45) is 0. The zero-order valence-electron chi connectivity index (χ0n) is 5.65. The van der Waals surface area contributed by atoms with Gasteiger partial charge in [0.05, 0.1) is 9.47 Å². The van der Waals surface area contributed by atoms with Crippen LogP contribution in [0.1, 0.15) is 10.4 Å². The maximum atomic E-state index is 10.5. The highest BCUT2D eigenvalue weighted by Gasteiger charge is 2.07. The summed E-state index contributed by atoms with van der Waals surface area (Å²) < 4.78 is 4.74. The second-order valence-electron chi connectivity index (χ2n) is 1.92. The fraction of sp³-hybridized carbons (Fsp3) is 0. The maximum Gasteiger partial charge on any atom is 0.339 e. The van der Waals surface area contributed by atoms with Gasteiger partial charge in [-0.15, -0.1) is 0 Å². The Labute approximate surface area is 66.3 Å². The fourth-order valence-electron chi connectivity index (χ4n) is 0.746. The van der Waals surface area contributed by atoms with E-state index in [1.54, 1.807) is 18.2 Å². The van der Waals surface area contributed by atoms with Crippen LogP contribution in [0.15, 0.2) is 24.3 Å². The lowest BCUT2D eigenvalue weighted by molar-refractivity contribution is 0.0695. The Morgan fingerprint density at radius 3 is 2.55 bits per heavy atom. The quantitative estimate of drug-likeness (QED) is 0.685. The number of aromatic carboxylic acids is 1. The van der Waals surface area contributed by atoms with Gasteiger partial charge in [0.25, 0.3) is 0 Å². The minimum Gasteiger partial charge on any atom is -0.479 e. The van der Waals surface area contributed by atoms with Gasteiger partial charge in [-0.1, -0.05) is 12.1 Å². The summed E-state index contributed by atoms with van der Waals surface area (Å²) in [5.74, 6) is -0.631. The Kier molecular flexibility index (Phi) is 2.44. The van der Waals surface area contributed by atoms with Gasteiger partial charge in [0, 0.05) is 0 Å². The minimum absolute atomic E-state index is 0.169. The summed E-state index contributed by atoms with van der Waals surface area (Å²) in [7, 11) is 2.01. The standard InChI is InChI=1S/C7H7O3P/c8-7(9)5-3-1-2-4-6(5)10-11/h1-4H,11H2,(H,8,9). The van der Waals surface area contributed by atoms with Gasteiger partial charge in [0.15, 0.2) is 0 Å². The van der Waals surface area contributed by atoms with Crippen molar-refractivity contribution < 1.29 is 14.4 Å². The highest BCUT2D eigenvalue weighted by molar-refractivity contribution is 7.10. The van der Waals surface area contributed by atoms with E-state index in [-0.39, 0.29) is 5.56 Å². The molecule has 1 unspecified atom stereocenters. The molecular weight excluding hydrogens is 163 g/mol. The Bertz CT molecular complexity index is 272. The number of carboxylic acid groups (broad SMARTS) is 1. The van der Waals surface area contributed by atoms with Crippen LogP contribution in [0.2, 0.25) is 0 Å². The van der Waals surface area contributed by atoms with Crippen LogP contribution in [-0.2, 0) is 0 Å². The lowest BCUT2D eigenvalue weighted by atomic mass is 10.2. The largest absolute Gasteiger partial charge is 0.479 e. The second kappa shape index (κ2) is 3.35. The molecule has 4 heteroatoms. The predicted octanol–water partition coefficient (Wildman–Crippen LogP) is 1.55. The highest BCUT2D eigenvalue weighted by Crippen LogP contribution is 2.19. The van der Waals surface area contributed by atoms with E-state index >= 15 is 0 Å². The molecule has 0 amide bonds. The van der Waals surface area contributed by atoms with Crippen LogP contribution < -0.4 is 4.52 Å². The molecule has 0 aliphatic carbocycles. The van der Waals surface area contributed by atoms with Crippen LogP contribution in [0.4, 0.5) is 0 Å². The Balaban J connectivity index is 3.12. The molecule has 1 aromatic carbocycles. The first-order valence-electron chi connectivity index (χ1n) is 2.94. The van der Waals surface area contributed by atoms with Gasteiger partial charge >= 0.3 is 5.97 Å². The van der Waals surface area contributed by atoms with Gasteiger partial charge in [-0.3, -0.25) is 0 Å². The summed E-state index contributed by atoms with van der Waals surface area (Å²) >= 11 is 0. The number of carboxylic acids is 1. The number of para-hydroxylation sites is 1. The molecule has 0 radical (unpaired) electrons. The van der Waals surface area contributed by atoms with Crippen molar-refractivity contribution in [3.05, 3.63) is 29.8 Å². The topological polar surface area (TPSA) is 46.5 Å². The van der Waals surface area contributed by atoms with Crippen LogP contribution in [0.25, 0.3) is 0 Å². The average molecular weight is 170 g/mol. The number of benzene rings is 1. The molecule has 1 N–H and O–H groups in total. The molecule has 0 aliphatic heterocycles. The molecule has 0 saturated heterocycles. The molecule has 11 heavy (non-hydrogen) atoms. The number of hydrogen-bond acceptors (Lipinski definition) is 2. The molecule has 0 spiro atoms. The lowest BCUT2D eigenvalue weighted by Crippen LogP contribution is -1.97. The summed E-state index contributed by atoms with van der Waals surface area (Å²) in [6.45, 7) is 0. The zero-order valence-corrected chi connectivity index (χ0v) is 6.81. The first-order valence-corrected chi connectivity index (χ1v) is 3.42. The molecule has 0 fully saturated rings. The van der Waals surface area contributed by atoms with Gasteiger partial charge in [-0.05, 0) is 12.1 Å². The van der Waals surface area contributed by atoms with Crippen LogP contribution in [0.3, 0.4) is 0 Å². The molecule has 1 atom stereocenters. The smallest absolute Gasteiger partial charge is 0.339 e. The molecule has 3 nitrogen and oxygen atoms in total. The predicted molar refractivity (Wildman–Crippen MR) is 43.7 cm³/mol. The van der Waals surface area contributed by atoms with E-state index in [2.05, 4.69) is 0 Å². The van der Waals surface area contributed by atoms with Crippen LogP contribution in [0, 0.1) is 0 Å². The molecule has 0 aliphatic rings. The van der Waals surface area contributed by atoms with Crippen molar-refractivity contribution in [1.29, 1.82) is 0 Å². The van der Waals surface area contributed by atoms with Crippen molar-refractivity contribution in [1.82, 2.24) is 0 Å². The normalized spacial score (nSPS) is 9.18. The molecule has 1 rings (SSSR count). The van der Waals surface area contributed by atoms with E-state index in [1.165, 1.54) is 6.07 Å². The summed E-state index contributed by atoms with van der Waals surface area (Å²) in [4.78, 5) is 10.5. The molecule has 58 valence electrons. The number of carbonyl (C=O) groups is 1. The Morgan fingerprint density at radius 2 is 2.09 bits per heavy atom. The summed E-state index contributed by atoms with van der Waals surface area (Å²) in [5, 5.41) is 8.61. The molecule has 1 aromatic rings. The van der Waals surface area contributed by atoms with E-state index in [1.807, 2.05) is 9.47 Å². The first-order chi connectivity index (χ1) is 5.25. The van der Waals surface area contributed by atoms with E-state index in [0.717, 1.165) is 0 Å². The molecule has 0 bridgehead atoms. The van der Waals surface area contributed by atoms with Crippen LogP contribution in [-0.4, -0.2) is 11.1 Å². The van der Waals surface area contributed by atoms with E-state index in [4.69, 9.17) is 9.63 Å². The SMILES string of the molecule is O=C(O)c1ccccc1OP. The van der Waals surface area contributed by atoms with E-state index < -0.39 is 5.97 Å². The van der Waals surface area contributed by atoms with Gasteiger partial charge < -0.3 is 9.63 Å². The third-order valence-electron chi connectivity index (χ3n) is 1.24. The lowest BCUT2D eigenvalue weighted by Gasteiger charge is -2.01. The van der Waals surface area contributed by atoms with Crippen molar-refractivity contribution in [2.75, 3.05) is 0 Å². The monoisotopic (exact) mass is 170 g/mol. The summed E-state index contributed by atoms with van der Waals surface area (Å²) in [6, 6.07) is 6.45. The highest BCUT2D eigenvalue weighted by atomic mass is 31.0. The van der Waals surface area contributed by atoms with Crippen molar-refractivity contribution in [2.24, 2.45) is 0 Å². The van der Waals surface area contributed by atoms with Crippen molar-refractivity contribution in [2.45, 2.75) is 0 Å². The van der Waals surface area contributed by atoms with Gasteiger partial charge in [0.1, 0.15) is 11.3 Å². The molecule has 0 heterocycles. The van der Waals surface area contributed by atoms with Crippen molar-refractivity contribution in [3.63, 3.8) is 0 Å². The fourth-order valence-corrected chi connectivity index (χ4v) is 0.952.